The summed E-state index contributed by atoms with van der Waals surface area (Å²) in [7, 11) is 0. The number of nitrogens with one attached hydrogen (secondary N) is 3. The van der Waals surface area contributed by atoms with Gasteiger partial charge in [0.25, 0.3) is 18.3 Å². The van der Waals surface area contributed by atoms with Crippen molar-refractivity contribution in [2.75, 3.05) is 0 Å². The van der Waals surface area contributed by atoms with E-state index in [-0.39, 0.29) is 35.6 Å². The highest BCUT2D eigenvalue weighted by molar-refractivity contribution is 5.99. The summed E-state index contributed by atoms with van der Waals surface area (Å²) in [6, 6.07) is 10.5. The summed E-state index contributed by atoms with van der Waals surface area (Å²) in [4.78, 5) is 34.0. The molecule has 0 bridgehead atoms. The van der Waals surface area contributed by atoms with Crippen LogP contribution in [0, 0.1) is 17.6 Å². The molecule has 0 radical (unpaired) electrons. The number of pyridine rings is 1. The molecule has 2 aliphatic carbocycles. The van der Waals surface area contributed by atoms with Gasteiger partial charge in [-0.3, -0.25) is 14.3 Å². The van der Waals surface area contributed by atoms with Crippen LogP contribution in [-0.2, 0) is 30.2 Å². The van der Waals surface area contributed by atoms with Gasteiger partial charge in [0.05, 0.1) is 22.8 Å². The number of H-pyrrole nitrogens is 1. The van der Waals surface area contributed by atoms with Crippen molar-refractivity contribution in [3.63, 3.8) is 0 Å². The Morgan fingerprint density at radius 3 is 2.60 bits per heavy atom. The maximum atomic E-state index is 15.2. The Bertz CT molecular complexity index is 2100. The fraction of sp³-hybridized carbons (Fsp3) is 0.273. The Morgan fingerprint density at radius 2 is 1.83 bits per heavy atom. The molecule has 8 rings (SSSR count). The number of hydrogen-bond donors (Lipinski definition) is 3. The lowest BCUT2D eigenvalue weighted by molar-refractivity contribution is -0.123. The summed E-state index contributed by atoms with van der Waals surface area (Å²) in [5, 5.41) is 9.25. The van der Waals surface area contributed by atoms with Gasteiger partial charge in [-0.15, -0.1) is 0 Å². The van der Waals surface area contributed by atoms with Gasteiger partial charge in [0.15, 0.2) is 0 Å². The van der Waals surface area contributed by atoms with Gasteiger partial charge in [0.2, 0.25) is 5.91 Å². The van der Waals surface area contributed by atoms with Gasteiger partial charge >= 0.3 is 0 Å². The van der Waals surface area contributed by atoms with Crippen molar-refractivity contribution >= 4 is 22.8 Å². The molecule has 0 spiro atoms. The Kier molecular flexibility index (Phi) is 6.50. The quantitative estimate of drug-likeness (QED) is 0.174. The third-order valence-corrected chi connectivity index (χ3v) is 9.15. The van der Waals surface area contributed by atoms with E-state index in [4.69, 9.17) is 4.98 Å². The molecule has 2 amide bonds. The van der Waals surface area contributed by atoms with Gasteiger partial charge in [-0.1, -0.05) is 12.1 Å². The van der Waals surface area contributed by atoms with Crippen LogP contribution in [0.1, 0.15) is 68.9 Å². The molecule has 3 aliphatic rings. The second-order valence-corrected chi connectivity index (χ2v) is 12.2. The van der Waals surface area contributed by atoms with Crippen molar-refractivity contribution in [1.29, 1.82) is 0 Å². The van der Waals surface area contributed by atoms with Gasteiger partial charge < -0.3 is 15.6 Å². The van der Waals surface area contributed by atoms with E-state index < -0.39 is 65.7 Å². The zero-order valence-corrected chi connectivity index (χ0v) is 24.3. The zero-order chi connectivity index (χ0) is 32.8. The lowest BCUT2D eigenvalue weighted by Crippen LogP contribution is -2.35. The molecular formula is C33H24F6N6O2. The van der Waals surface area contributed by atoms with Gasteiger partial charge in [0.1, 0.15) is 29.6 Å². The molecule has 3 aromatic heterocycles. The molecule has 4 heterocycles. The molecule has 14 heteroatoms. The highest BCUT2D eigenvalue weighted by Gasteiger charge is 2.67. The normalized spacial score (nSPS) is 19.4. The lowest BCUT2D eigenvalue weighted by Gasteiger charge is -2.23. The van der Waals surface area contributed by atoms with Crippen LogP contribution < -0.4 is 10.6 Å². The van der Waals surface area contributed by atoms with Gasteiger partial charge in [-0.2, -0.15) is 13.9 Å². The Labute approximate surface area is 262 Å². The SMILES string of the molecule is O=C(Cn1nc(C(F)F)c2c1C(F)(F)C1CC21)NC(Cc1cc(F)cc(F)c1)c1nc2cc[nH]c2cc1-c1ccc2c(c1)C(=O)NC2. The van der Waals surface area contributed by atoms with Crippen molar-refractivity contribution in [1.82, 2.24) is 30.4 Å². The summed E-state index contributed by atoms with van der Waals surface area (Å²) in [5.41, 5.74) is 2.20. The summed E-state index contributed by atoms with van der Waals surface area (Å²) < 4.78 is 87.3. The van der Waals surface area contributed by atoms with Crippen molar-refractivity contribution in [3.8, 4) is 11.1 Å². The molecule has 47 heavy (non-hydrogen) atoms. The van der Waals surface area contributed by atoms with E-state index in [1.165, 1.54) is 0 Å². The standard InChI is InChI=1S/C33H24F6N6O2/c34-17-5-14(6-18(35)9-17)7-25(42-26(46)13-45-30-27(29(44-45)31(36)37)21-10-22(21)33(30,38)39)28-19(11-24-23(43-28)3-4-40-24)15-1-2-16-12-41-32(47)20(16)8-15/h1-6,8-9,11,21-22,25,31,40H,7,10,12-13H2,(H,41,47)(H,42,46). The van der Waals surface area contributed by atoms with E-state index in [9.17, 15) is 27.2 Å². The monoisotopic (exact) mass is 650 g/mol. The predicted octanol–water partition coefficient (Wildman–Crippen LogP) is 6.19. The first-order valence-corrected chi connectivity index (χ1v) is 14.9. The van der Waals surface area contributed by atoms with E-state index >= 15 is 8.78 Å². The number of benzene rings is 2. The first-order chi connectivity index (χ1) is 22.5. The third kappa shape index (κ3) is 4.84. The Balaban J connectivity index is 1.21. The molecule has 1 saturated carbocycles. The van der Waals surface area contributed by atoms with E-state index in [0.717, 1.165) is 17.7 Å². The maximum absolute atomic E-state index is 15.2. The number of aromatic nitrogens is 4. The van der Waals surface area contributed by atoms with Crippen LogP contribution in [0.5, 0.6) is 0 Å². The second kappa shape index (κ2) is 10.4. The van der Waals surface area contributed by atoms with Crippen LogP contribution in [0.25, 0.3) is 22.2 Å². The summed E-state index contributed by atoms with van der Waals surface area (Å²) in [6.45, 7) is -0.442. The maximum Gasteiger partial charge on any atom is 0.293 e. The molecule has 8 nitrogen and oxygen atoms in total. The number of aromatic amines is 1. The number of rotatable bonds is 8. The number of carbonyl (C=O) groups is 2. The van der Waals surface area contributed by atoms with Crippen molar-refractivity contribution in [3.05, 3.63) is 106 Å². The minimum atomic E-state index is -3.42. The molecule has 1 aliphatic heterocycles. The summed E-state index contributed by atoms with van der Waals surface area (Å²) in [5.74, 6) is -8.08. The molecule has 3 N–H and O–H groups in total. The fourth-order valence-corrected chi connectivity index (χ4v) is 7.01. The van der Waals surface area contributed by atoms with E-state index in [2.05, 4.69) is 20.7 Å². The molecule has 5 aromatic rings. The first kappa shape index (κ1) is 29.3. The zero-order valence-electron chi connectivity index (χ0n) is 24.3. The largest absolute Gasteiger partial charge is 0.360 e. The van der Waals surface area contributed by atoms with Crippen LogP contribution in [0.3, 0.4) is 0 Å². The minimum absolute atomic E-state index is 0.0737. The number of fused-ring (bicyclic) bond motifs is 5. The highest BCUT2D eigenvalue weighted by Crippen LogP contribution is 2.68. The van der Waals surface area contributed by atoms with E-state index in [0.29, 0.717) is 45.0 Å². The molecule has 3 unspecified atom stereocenters. The van der Waals surface area contributed by atoms with Gasteiger partial charge in [0, 0.05) is 41.4 Å². The summed E-state index contributed by atoms with van der Waals surface area (Å²) in [6.07, 6.45) is -1.56. The summed E-state index contributed by atoms with van der Waals surface area (Å²) >= 11 is 0. The van der Waals surface area contributed by atoms with Crippen LogP contribution in [-0.4, -0.2) is 31.6 Å². The minimum Gasteiger partial charge on any atom is -0.360 e. The van der Waals surface area contributed by atoms with Gasteiger partial charge in [-0.05, 0) is 65.8 Å². The van der Waals surface area contributed by atoms with E-state index in [1.807, 2.05) is 0 Å². The number of nitrogens with zero attached hydrogens (tertiary/aromatic N) is 3. The number of alkyl halides is 4. The van der Waals surface area contributed by atoms with Gasteiger partial charge in [-0.25, -0.2) is 22.5 Å². The molecule has 3 atom stereocenters. The van der Waals surface area contributed by atoms with Crippen LogP contribution in [0.15, 0.2) is 54.7 Å². The van der Waals surface area contributed by atoms with Crippen molar-refractivity contribution in [2.45, 2.75) is 50.2 Å². The average Bonchev–Trinajstić information content (AvgIpc) is 3.25. The number of halogens is 6. The molecular weight excluding hydrogens is 626 g/mol. The fourth-order valence-electron chi connectivity index (χ4n) is 7.01. The third-order valence-electron chi connectivity index (χ3n) is 9.15. The number of hydrogen-bond acceptors (Lipinski definition) is 4. The first-order valence-electron chi connectivity index (χ1n) is 14.9. The molecule has 1 fully saturated rings. The predicted molar refractivity (Wildman–Crippen MR) is 156 cm³/mol. The number of carbonyl (C=O) groups excluding carboxylic acids is 2. The average molecular weight is 651 g/mol. The second-order valence-electron chi connectivity index (χ2n) is 12.2. The van der Waals surface area contributed by atoms with Crippen LogP contribution in [0.4, 0.5) is 26.3 Å². The highest BCUT2D eigenvalue weighted by atomic mass is 19.3. The van der Waals surface area contributed by atoms with Crippen molar-refractivity contribution in [2.24, 2.45) is 5.92 Å². The molecule has 0 saturated heterocycles. The molecule has 240 valence electrons. The topological polar surface area (TPSA) is 105 Å². The Morgan fingerprint density at radius 1 is 1.04 bits per heavy atom. The van der Waals surface area contributed by atoms with E-state index in [1.54, 1.807) is 36.5 Å². The smallest absolute Gasteiger partial charge is 0.293 e. The lowest BCUT2D eigenvalue weighted by atomic mass is 9.93. The van der Waals surface area contributed by atoms with Crippen LogP contribution in [0.2, 0.25) is 0 Å². The Hall–Kier alpha value is -5.14. The van der Waals surface area contributed by atoms with Crippen molar-refractivity contribution < 1.29 is 35.9 Å². The number of amides is 2. The van der Waals surface area contributed by atoms with Crippen LogP contribution >= 0.6 is 0 Å². The molecule has 2 aromatic carbocycles.